The summed E-state index contributed by atoms with van der Waals surface area (Å²) in [6.45, 7) is 12.9. The van der Waals surface area contributed by atoms with Gasteiger partial charge in [0.05, 0.1) is 5.70 Å². The molecule has 2 N–H and O–H groups in total. The van der Waals surface area contributed by atoms with E-state index in [4.69, 9.17) is 5.84 Å². The van der Waals surface area contributed by atoms with Crippen LogP contribution in [0.1, 0.15) is 79.1 Å². The molecule has 0 aromatic rings. The zero-order chi connectivity index (χ0) is 14.9. The zero-order valence-electron chi connectivity index (χ0n) is 13.6. The Morgan fingerprint density at radius 1 is 1.05 bits per heavy atom. The van der Waals surface area contributed by atoms with Crippen LogP contribution in [0.3, 0.4) is 0 Å². The largest absolute Gasteiger partial charge is 0.316 e. The second kappa shape index (κ2) is 17.2. The van der Waals surface area contributed by atoms with Crippen molar-refractivity contribution < 1.29 is 0 Å². The molecule has 0 radical (unpaired) electrons. The van der Waals surface area contributed by atoms with E-state index in [9.17, 15) is 0 Å². The van der Waals surface area contributed by atoms with Crippen LogP contribution in [0.15, 0.2) is 16.9 Å². The van der Waals surface area contributed by atoms with E-state index >= 15 is 0 Å². The molecule has 0 aromatic carbocycles. The number of hydrogen-bond acceptors (Lipinski definition) is 3. The van der Waals surface area contributed by atoms with Crippen molar-refractivity contribution in [3.8, 4) is 0 Å². The molecule has 0 heterocycles. The topological polar surface area (TPSA) is 41.6 Å². The summed E-state index contributed by atoms with van der Waals surface area (Å²) in [5, 5.41) is 1.76. The second-order valence-electron chi connectivity index (χ2n) is 4.53. The van der Waals surface area contributed by atoms with E-state index in [0.717, 1.165) is 25.1 Å². The molecule has 0 aliphatic rings. The van der Waals surface area contributed by atoms with Crippen molar-refractivity contribution in [3.05, 3.63) is 11.9 Å². The van der Waals surface area contributed by atoms with Crippen molar-refractivity contribution >= 4 is 6.72 Å². The maximum Gasteiger partial charge on any atom is 0.0569 e. The van der Waals surface area contributed by atoms with E-state index in [1.807, 2.05) is 20.0 Å². The summed E-state index contributed by atoms with van der Waals surface area (Å²) in [6.07, 6.45) is 11.5. The summed E-state index contributed by atoms with van der Waals surface area (Å²) < 4.78 is 0. The summed E-state index contributed by atoms with van der Waals surface area (Å²) >= 11 is 0. The van der Waals surface area contributed by atoms with Gasteiger partial charge in [0.15, 0.2) is 0 Å². The van der Waals surface area contributed by atoms with Gasteiger partial charge in [0.1, 0.15) is 0 Å². The Morgan fingerprint density at radius 2 is 1.63 bits per heavy atom. The lowest BCUT2D eigenvalue weighted by Gasteiger charge is -2.14. The number of nitrogens with two attached hydrogens (primary N) is 1. The summed E-state index contributed by atoms with van der Waals surface area (Å²) in [5.74, 6) is 5.91. The molecule has 0 atom stereocenters. The minimum absolute atomic E-state index is 0.910. The van der Waals surface area contributed by atoms with Gasteiger partial charge < -0.3 is 5.01 Å². The molecule has 0 saturated heterocycles. The average molecular weight is 269 g/mol. The molecule has 3 nitrogen and oxygen atoms in total. The maximum atomic E-state index is 5.91. The van der Waals surface area contributed by atoms with Gasteiger partial charge in [-0.05, 0) is 26.0 Å². The monoisotopic (exact) mass is 269 g/mol. The first-order valence-electron chi connectivity index (χ1n) is 7.93. The van der Waals surface area contributed by atoms with Crippen molar-refractivity contribution in [2.75, 3.05) is 6.54 Å². The lowest BCUT2D eigenvalue weighted by molar-refractivity contribution is 0.373. The molecule has 3 heteroatoms. The number of hydrazine groups is 1. The molecule has 114 valence electrons. The predicted octanol–water partition coefficient (Wildman–Crippen LogP) is 4.89. The number of hydrogen-bond donors (Lipinski definition) is 1. The molecule has 0 rings (SSSR count). The Hall–Kier alpha value is -0.830. The van der Waals surface area contributed by atoms with E-state index in [1.165, 1.54) is 38.5 Å². The van der Waals surface area contributed by atoms with Gasteiger partial charge in [0.2, 0.25) is 0 Å². The normalized spacial score (nSPS) is 10.7. The molecule has 0 amide bonds. The van der Waals surface area contributed by atoms with Crippen LogP contribution in [0.2, 0.25) is 0 Å². The van der Waals surface area contributed by atoms with E-state index in [0.29, 0.717) is 0 Å². The standard InChI is InChI=1S/C14H29N3.C2H6/c1-4-6-8-10-12-17(15)13-14(16-3)11-9-7-5-2;1-2/h13H,3-12,15H2,1-2H3;1-2H3/b14-13-;. The Bertz CT molecular complexity index is 212. The lowest BCUT2D eigenvalue weighted by atomic mass is 10.1. The molecule has 0 aliphatic carbocycles. The molecule has 0 bridgehead atoms. The fraction of sp³-hybridized carbons (Fsp3) is 0.812. The first kappa shape index (κ1) is 20.5. The molecule has 0 aliphatic heterocycles. The predicted molar refractivity (Wildman–Crippen MR) is 88.2 cm³/mol. The molecule has 0 saturated carbocycles. The van der Waals surface area contributed by atoms with Crippen LogP contribution in [-0.2, 0) is 0 Å². The summed E-state index contributed by atoms with van der Waals surface area (Å²) in [7, 11) is 0. The van der Waals surface area contributed by atoms with Gasteiger partial charge in [-0.2, -0.15) is 0 Å². The highest BCUT2D eigenvalue weighted by Crippen LogP contribution is 2.10. The highest BCUT2D eigenvalue weighted by atomic mass is 15.4. The van der Waals surface area contributed by atoms with Crippen molar-refractivity contribution in [1.29, 1.82) is 0 Å². The number of allylic oxidation sites excluding steroid dienone is 1. The van der Waals surface area contributed by atoms with Crippen molar-refractivity contribution in [1.82, 2.24) is 5.01 Å². The maximum absolute atomic E-state index is 5.91. The fourth-order valence-electron chi connectivity index (χ4n) is 1.72. The van der Waals surface area contributed by atoms with Crippen LogP contribution < -0.4 is 5.84 Å². The number of nitrogens with zero attached hydrogens (tertiary/aromatic N) is 2. The molecular weight excluding hydrogens is 234 g/mol. The molecule has 0 fully saturated rings. The summed E-state index contributed by atoms with van der Waals surface area (Å²) in [6, 6.07) is 0. The van der Waals surface area contributed by atoms with E-state index in [1.54, 1.807) is 5.01 Å². The van der Waals surface area contributed by atoms with Gasteiger partial charge in [0, 0.05) is 12.7 Å². The Kier molecular flexibility index (Phi) is 18.5. The minimum atomic E-state index is 0.910. The number of unbranched alkanes of at least 4 members (excludes halogenated alkanes) is 5. The fourth-order valence-corrected chi connectivity index (χ4v) is 1.72. The smallest absolute Gasteiger partial charge is 0.0569 e. The first-order valence-corrected chi connectivity index (χ1v) is 7.93. The van der Waals surface area contributed by atoms with Gasteiger partial charge in [-0.3, -0.25) is 4.99 Å². The Balaban J connectivity index is 0. The van der Waals surface area contributed by atoms with Crippen molar-refractivity contribution in [3.63, 3.8) is 0 Å². The molecule has 0 unspecified atom stereocenters. The SMILES string of the molecule is C=N/C(=C\N(N)CCCCCC)CCCCC.CC. The van der Waals surface area contributed by atoms with Gasteiger partial charge >= 0.3 is 0 Å². The highest BCUT2D eigenvalue weighted by Gasteiger charge is 1.98. The minimum Gasteiger partial charge on any atom is -0.316 e. The molecule has 0 spiro atoms. The van der Waals surface area contributed by atoms with Crippen molar-refractivity contribution in [2.45, 2.75) is 79.1 Å². The third-order valence-electron chi connectivity index (χ3n) is 2.82. The summed E-state index contributed by atoms with van der Waals surface area (Å²) in [4.78, 5) is 4.03. The first-order chi connectivity index (χ1) is 9.24. The molecule has 0 aromatic heterocycles. The highest BCUT2D eigenvalue weighted by molar-refractivity contribution is 5.28. The number of aliphatic imine (C=N–C) groups is 1. The molecular formula is C16H35N3. The van der Waals surface area contributed by atoms with Gasteiger partial charge in [0.25, 0.3) is 0 Å². The van der Waals surface area contributed by atoms with Crippen LogP contribution >= 0.6 is 0 Å². The third-order valence-corrected chi connectivity index (χ3v) is 2.82. The quantitative estimate of drug-likeness (QED) is 0.251. The van der Waals surface area contributed by atoms with E-state index in [2.05, 4.69) is 25.6 Å². The zero-order valence-corrected chi connectivity index (χ0v) is 13.6. The van der Waals surface area contributed by atoms with Gasteiger partial charge in [-0.15, -0.1) is 0 Å². The third kappa shape index (κ3) is 15.1. The lowest BCUT2D eigenvalue weighted by Crippen LogP contribution is -2.26. The second-order valence-corrected chi connectivity index (χ2v) is 4.53. The number of rotatable bonds is 11. The van der Waals surface area contributed by atoms with E-state index in [-0.39, 0.29) is 0 Å². The van der Waals surface area contributed by atoms with E-state index < -0.39 is 0 Å². The Labute approximate surface area is 120 Å². The Morgan fingerprint density at radius 3 is 2.16 bits per heavy atom. The van der Waals surface area contributed by atoms with Crippen LogP contribution in [0.25, 0.3) is 0 Å². The van der Waals surface area contributed by atoms with Crippen LogP contribution in [0, 0.1) is 0 Å². The summed E-state index contributed by atoms with van der Waals surface area (Å²) in [5.41, 5.74) is 1.01. The van der Waals surface area contributed by atoms with Crippen molar-refractivity contribution in [2.24, 2.45) is 10.8 Å². The van der Waals surface area contributed by atoms with Crippen LogP contribution in [-0.4, -0.2) is 18.3 Å². The average Bonchev–Trinajstić information content (AvgIpc) is 2.45. The van der Waals surface area contributed by atoms with Gasteiger partial charge in [-0.25, -0.2) is 5.84 Å². The van der Waals surface area contributed by atoms with Crippen LogP contribution in [0.4, 0.5) is 0 Å². The van der Waals surface area contributed by atoms with Crippen LogP contribution in [0.5, 0.6) is 0 Å². The van der Waals surface area contributed by atoms with Gasteiger partial charge in [-0.1, -0.05) is 59.8 Å². The molecule has 19 heavy (non-hydrogen) atoms.